The molecule has 0 bridgehead atoms. The number of amides is 1. The normalized spacial score (nSPS) is 22.8. The van der Waals surface area contributed by atoms with Gasteiger partial charge < -0.3 is 11.1 Å². The molecule has 0 aromatic heterocycles. The largest absolute Gasteiger partial charge is 0.382 e. The van der Waals surface area contributed by atoms with Crippen LogP contribution in [0, 0.1) is 11.3 Å². The highest BCUT2D eigenvalue weighted by molar-refractivity contribution is 5.76. The topological polar surface area (TPSA) is 55.1 Å². The number of hydrogen-bond acceptors (Lipinski definition) is 2. The number of rotatable bonds is 4. The lowest BCUT2D eigenvalue weighted by molar-refractivity contribution is -0.117. The number of carbonyl (C=O) groups is 1. The quantitative estimate of drug-likeness (QED) is 0.887. The Hall–Kier alpha value is -1.51. The van der Waals surface area contributed by atoms with E-state index < -0.39 is 0 Å². The zero-order valence-corrected chi connectivity index (χ0v) is 13.5. The lowest BCUT2D eigenvalue weighted by atomic mass is 9.71. The minimum Gasteiger partial charge on any atom is -0.382 e. The van der Waals surface area contributed by atoms with Crippen molar-refractivity contribution in [2.75, 3.05) is 5.32 Å². The van der Waals surface area contributed by atoms with E-state index >= 15 is 0 Å². The molecule has 3 nitrogen and oxygen atoms in total. The van der Waals surface area contributed by atoms with E-state index in [0.717, 1.165) is 17.2 Å². The zero-order valence-electron chi connectivity index (χ0n) is 13.5. The Balaban J connectivity index is 1.85. The Bertz CT molecular complexity index is 465. The van der Waals surface area contributed by atoms with Crippen molar-refractivity contribution in [3.8, 4) is 0 Å². The fourth-order valence-corrected chi connectivity index (χ4v) is 3.26. The molecule has 1 aromatic rings. The maximum Gasteiger partial charge on any atom is 0.221 e. The predicted octanol–water partition coefficient (Wildman–Crippen LogP) is 3.73. The Morgan fingerprint density at radius 1 is 1.14 bits per heavy atom. The van der Waals surface area contributed by atoms with Gasteiger partial charge in [0.1, 0.15) is 0 Å². The number of nitrogens with one attached hydrogen (secondary N) is 1. The molecule has 0 radical (unpaired) electrons. The Labute approximate surface area is 128 Å². The molecule has 0 saturated heterocycles. The Morgan fingerprint density at radius 3 is 2.19 bits per heavy atom. The van der Waals surface area contributed by atoms with E-state index in [1.54, 1.807) is 0 Å². The smallest absolute Gasteiger partial charge is 0.221 e. The molecule has 1 fully saturated rings. The van der Waals surface area contributed by atoms with Gasteiger partial charge in [-0.25, -0.2) is 0 Å². The molecule has 116 valence electrons. The summed E-state index contributed by atoms with van der Waals surface area (Å²) < 4.78 is 0. The monoisotopic (exact) mass is 288 g/mol. The molecule has 1 aliphatic rings. The van der Waals surface area contributed by atoms with Crippen molar-refractivity contribution in [1.29, 1.82) is 0 Å². The number of anilines is 1. The molecular formula is C18H28N2O. The maximum atomic E-state index is 10.9. The fraction of sp³-hybridized carbons (Fsp3) is 0.611. The van der Waals surface area contributed by atoms with Crippen molar-refractivity contribution >= 4 is 11.6 Å². The third-order valence-corrected chi connectivity index (χ3v) is 4.66. The second-order valence-electron chi connectivity index (χ2n) is 7.40. The molecule has 2 rings (SSSR count). The third kappa shape index (κ3) is 4.76. The van der Waals surface area contributed by atoms with Gasteiger partial charge in [0.25, 0.3) is 0 Å². The second kappa shape index (κ2) is 6.50. The van der Waals surface area contributed by atoms with Crippen molar-refractivity contribution < 1.29 is 4.79 Å². The molecule has 1 amide bonds. The van der Waals surface area contributed by atoms with Gasteiger partial charge in [-0.05, 0) is 54.7 Å². The standard InChI is InChI=1S/C18H28N2O/c1-18(2,3)14-6-10-16(11-7-14)20-15-8-4-13(5-9-15)12-17(19)21/h4-5,8-9,14,16,20H,6-7,10-12H2,1-3H3,(H2,19,21). The molecule has 0 heterocycles. The molecule has 0 atom stereocenters. The van der Waals surface area contributed by atoms with Crippen LogP contribution in [0.25, 0.3) is 0 Å². The third-order valence-electron chi connectivity index (χ3n) is 4.66. The minimum atomic E-state index is -0.281. The number of carbonyl (C=O) groups excluding carboxylic acids is 1. The summed E-state index contributed by atoms with van der Waals surface area (Å²) in [5, 5.41) is 3.62. The minimum absolute atomic E-state index is 0.281. The summed E-state index contributed by atoms with van der Waals surface area (Å²) in [5.41, 5.74) is 7.75. The van der Waals surface area contributed by atoms with Crippen LogP contribution in [0.2, 0.25) is 0 Å². The van der Waals surface area contributed by atoms with Gasteiger partial charge in [-0.2, -0.15) is 0 Å². The molecule has 0 aliphatic heterocycles. The van der Waals surface area contributed by atoms with Gasteiger partial charge in [0.15, 0.2) is 0 Å². The highest BCUT2D eigenvalue weighted by atomic mass is 16.1. The maximum absolute atomic E-state index is 10.9. The number of hydrogen-bond donors (Lipinski definition) is 2. The van der Waals surface area contributed by atoms with Gasteiger partial charge in [-0.3, -0.25) is 4.79 Å². The molecule has 21 heavy (non-hydrogen) atoms. The van der Waals surface area contributed by atoms with E-state index in [1.807, 2.05) is 24.3 Å². The van der Waals surface area contributed by atoms with Gasteiger partial charge in [-0.15, -0.1) is 0 Å². The number of nitrogens with two attached hydrogens (primary N) is 1. The van der Waals surface area contributed by atoms with Gasteiger partial charge in [0.2, 0.25) is 5.91 Å². The first-order valence-electron chi connectivity index (χ1n) is 7.98. The first-order valence-corrected chi connectivity index (χ1v) is 7.98. The summed E-state index contributed by atoms with van der Waals surface area (Å²) >= 11 is 0. The summed E-state index contributed by atoms with van der Waals surface area (Å²) in [5.74, 6) is 0.560. The molecule has 3 heteroatoms. The van der Waals surface area contributed by atoms with Crippen molar-refractivity contribution in [3.05, 3.63) is 29.8 Å². The van der Waals surface area contributed by atoms with Crippen molar-refractivity contribution in [3.63, 3.8) is 0 Å². The van der Waals surface area contributed by atoms with E-state index in [4.69, 9.17) is 5.73 Å². The van der Waals surface area contributed by atoms with Crippen LogP contribution >= 0.6 is 0 Å². The fourth-order valence-electron chi connectivity index (χ4n) is 3.26. The van der Waals surface area contributed by atoms with Crippen LogP contribution in [0.1, 0.15) is 52.0 Å². The van der Waals surface area contributed by atoms with Gasteiger partial charge in [0, 0.05) is 11.7 Å². The molecule has 1 saturated carbocycles. The predicted molar refractivity (Wildman–Crippen MR) is 88.2 cm³/mol. The van der Waals surface area contributed by atoms with Crippen molar-refractivity contribution in [1.82, 2.24) is 0 Å². The molecule has 0 spiro atoms. The molecule has 0 unspecified atom stereocenters. The van der Waals surface area contributed by atoms with Crippen LogP contribution in [0.3, 0.4) is 0 Å². The summed E-state index contributed by atoms with van der Waals surface area (Å²) in [7, 11) is 0. The van der Waals surface area contributed by atoms with Gasteiger partial charge >= 0.3 is 0 Å². The van der Waals surface area contributed by atoms with E-state index in [9.17, 15) is 4.79 Å². The highest BCUT2D eigenvalue weighted by Crippen LogP contribution is 2.38. The zero-order chi connectivity index (χ0) is 15.5. The molecule has 1 aliphatic carbocycles. The average molecular weight is 288 g/mol. The van der Waals surface area contributed by atoms with Crippen LogP contribution in [-0.4, -0.2) is 11.9 Å². The molecule has 3 N–H and O–H groups in total. The van der Waals surface area contributed by atoms with Gasteiger partial charge in [-0.1, -0.05) is 32.9 Å². The van der Waals surface area contributed by atoms with E-state index in [0.29, 0.717) is 17.9 Å². The van der Waals surface area contributed by atoms with Crippen molar-refractivity contribution in [2.45, 2.75) is 58.9 Å². The van der Waals surface area contributed by atoms with Crippen molar-refractivity contribution in [2.24, 2.45) is 17.1 Å². The van der Waals surface area contributed by atoms with E-state index in [-0.39, 0.29) is 5.91 Å². The summed E-state index contributed by atoms with van der Waals surface area (Å²) in [6.45, 7) is 7.05. The summed E-state index contributed by atoms with van der Waals surface area (Å²) in [4.78, 5) is 10.9. The van der Waals surface area contributed by atoms with Crippen LogP contribution in [0.15, 0.2) is 24.3 Å². The van der Waals surface area contributed by atoms with E-state index in [2.05, 4.69) is 26.1 Å². The Kier molecular flexibility index (Phi) is 4.92. The molecule has 1 aromatic carbocycles. The molecular weight excluding hydrogens is 260 g/mol. The highest BCUT2D eigenvalue weighted by Gasteiger charge is 2.29. The second-order valence-corrected chi connectivity index (χ2v) is 7.40. The van der Waals surface area contributed by atoms with Crippen LogP contribution in [-0.2, 0) is 11.2 Å². The Morgan fingerprint density at radius 2 is 1.71 bits per heavy atom. The van der Waals surface area contributed by atoms with E-state index in [1.165, 1.54) is 25.7 Å². The van der Waals surface area contributed by atoms with Crippen LogP contribution in [0.4, 0.5) is 5.69 Å². The summed E-state index contributed by atoms with van der Waals surface area (Å²) in [6.07, 6.45) is 5.41. The lowest BCUT2D eigenvalue weighted by Gasteiger charge is -2.37. The SMILES string of the molecule is CC(C)(C)C1CCC(Nc2ccc(CC(N)=O)cc2)CC1. The first-order chi connectivity index (χ1) is 9.84. The average Bonchev–Trinajstić information content (AvgIpc) is 2.40. The number of benzene rings is 1. The van der Waals surface area contributed by atoms with Crippen LogP contribution in [0.5, 0.6) is 0 Å². The van der Waals surface area contributed by atoms with Crippen LogP contribution < -0.4 is 11.1 Å². The lowest BCUT2D eigenvalue weighted by Crippen LogP contribution is -2.31. The summed E-state index contributed by atoms with van der Waals surface area (Å²) in [6, 6.07) is 8.63. The number of primary amides is 1. The first kappa shape index (κ1) is 15.9. The van der Waals surface area contributed by atoms with Gasteiger partial charge in [0.05, 0.1) is 6.42 Å².